The zero-order valence-electron chi connectivity index (χ0n) is 64.3. The predicted molar refractivity (Wildman–Crippen MR) is 385 cm³/mol. The van der Waals surface area contributed by atoms with Crippen LogP contribution < -0.4 is 21.3 Å². The summed E-state index contributed by atoms with van der Waals surface area (Å²) in [6.45, 7) is 33.5. The Labute approximate surface area is 591 Å². The lowest BCUT2D eigenvalue weighted by atomic mass is 9.91. The van der Waals surface area contributed by atoms with Crippen LogP contribution in [0, 0.1) is 35.5 Å². The number of thioether (sulfide) groups is 1. The molecule has 0 saturated carbocycles. The third kappa shape index (κ3) is 25.6. The molecule has 2 aliphatic heterocycles. The van der Waals surface area contributed by atoms with Crippen LogP contribution >= 0.6 is 11.8 Å². The van der Waals surface area contributed by atoms with Crippen molar-refractivity contribution in [2.75, 3.05) is 101 Å². The summed E-state index contributed by atoms with van der Waals surface area (Å²) in [5.41, 5.74) is -1.58. The first-order chi connectivity index (χ1) is 45.4. The van der Waals surface area contributed by atoms with E-state index in [2.05, 4.69) is 38.1 Å². The van der Waals surface area contributed by atoms with Gasteiger partial charge in [0.2, 0.25) is 65.0 Å². The number of aliphatic hydroxyl groups excluding tert-OH is 1. The number of nitrogens with one attached hydrogen (secondary N) is 4. The molecule has 2 aliphatic rings. The van der Waals surface area contributed by atoms with Crippen LogP contribution in [0.1, 0.15) is 163 Å². The summed E-state index contributed by atoms with van der Waals surface area (Å²) in [7, 11) is 12.0. The number of carbonyl (C=O) groups excluding carboxylic acids is 11. The molecule has 27 heteroatoms. The Morgan fingerprint density at radius 2 is 0.959 bits per heavy atom. The average molecular weight is 1400 g/mol. The topological polar surface area (TPSA) is 306 Å². The smallest absolute Gasteiger partial charge is 0.246 e. The van der Waals surface area contributed by atoms with Crippen molar-refractivity contribution in [3.63, 3.8) is 0 Å². The van der Waals surface area contributed by atoms with Gasteiger partial charge in [0.05, 0.1) is 11.7 Å². The molecule has 13 atom stereocenters. The quantitative estimate of drug-likeness (QED) is 0.0711. The van der Waals surface area contributed by atoms with Gasteiger partial charge in [-0.25, -0.2) is 0 Å². The number of hydrogen-bond donors (Lipinski definition) is 6. The third-order valence-electron chi connectivity index (χ3n) is 19.0. The van der Waals surface area contributed by atoms with Crippen molar-refractivity contribution in [1.29, 1.82) is 0 Å². The van der Waals surface area contributed by atoms with Gasteiger partial charge < -0.3 is 75.6 Å². The molecule has 2 saturated heterocycles. The monoisotopic (exact) mass is 1400 g/mol. The van der Waals surface area contributed by atoms with E-state index in [0.717, 1.165) is 48.9 Å². The van der Waals surface area contributed by atoms with Gasteiger partial charge >= 0.3 is 0 Å². The lowest BCUT2D eigenvalue weighted by Crippen LogP contribution is -2.64. The zero-order valence-corrected chi connectivity index (χ0v) is 65.1. The Balaban J connectivity index is 3.11. The van der Waals surface area contributed by atoms with E-state index in [1.165, 1.54) is 113 Å². The number of allylic oxidation sites excluding steroid dienone is 2. The summed E-state index contributed by atoms with van der Waals surface area (Å²) in [6.07, 6.45) is 3.14. The van der Waals surface area contributed by atoms with E-state index in [1.807, 2.05) is 47.6 Å². The highest BCUT2D eigenvalue weighted by Gasteiger charge is 2.47. The standard InChI is InChI=1S/C71H129N13O13S/c1-26-28-30-47(13)59(85)58-63(89)74-50(27-2)65(91)81(23)55(41-98-36-29-31-84-34-32-76(18)33-35-84)68(94)80(22)54(40-71(16,17)97)62(88)75-56(45(9)10)69(95)77(19)51(37-42(3)4)61(87)72-48(14)60(86)73-49(15)64(90)78(20)52(38-43(5)6)66(92)79(21)53(39-44(7)8)67(93)82(24)57(46(11)12)70(96)83(58)25/h26,28,42-59,85,97H,27,29-41H2,1-25H3,(H,72,87)(H,73,86)(H,74,89)(H,75,88)/b28-26+/t47-,48+,49-,50+,51+,52+,53+,54+,55-,56+,57+,58+,59-/m1/s1. The number of carbonyl (C=O) groups is 11. The number of aliphatic hydroxyl groups is 2. The Morgan fingerprint density at radius 3 is 1.45 bits per heavy atom. The second kappa shape index (κ2) is 40.5. The normalized spacial score (nSPS) is 27.2. The van der Waals surface area contributed by atoms with E-state index >= 15 is 33.6 Å². The summed E-state index contributed by atoms with van der Waals surface area (Å²) in [4.78, 5) is 178. The van der Waals surface area contributed by atoms with E-state index in [9.17, 15) is 29.4 Å². The van der Waals surface area contributed by atoms with Gasteiger partial charge in [-0.2, -0.15) is 11.8 Å². The number of hydrogen-bond acceptors (Lipinski definition) is 16. The summed E-state index contributed by atoms with van der Waals surface area (Å²) >= 11 is 1.43. The third-order valence-corrected chi connectivity index (χ3v) is 20.1. The second-order valence-electron chi connectivity index (χ2n) is 30.3. The van der Waals surface area contributed by atoms with Gasteiger partial charge in [0.1, 0.15) is 66.5 Å². The van der Waals surface area contributed by atoms with Gasteiger partial charge in [0, 0.05) is 87.7 Å². The maximum absolute atomic E-state index is 15.5. The first kappa shape index (κ1) is 88.2. The highest BCUT2D eigenvalue weighted by atomic mass is 32.2. The molecule has 0 radical (unpaired) electrons. The van der Waals surface area contributed by atoms with Gasteiger partial charge in [-0.3, -0.25) is 52.7 Å². The molecule has 6 N–H and O–H groups in total. The molecule has 0 aliphatic carbocycles. The molecule has 2 rings (SSSR count). The minimum absolute atomic E-state index is 0.0225. The number of likely N-dealkylation sites (N-methyl/N-ethyl adjacent to an activating group) is 8. The molecular weight excluding hydrogens is 1270 g/mol. The van der Waals surface area contributed by atoms with Crippen molar-refractivity contribution in [3.05, 3.63) is 12.2 Å². The number of piperazine rings is 1. The summed E-state index contributed by atoms with van der Waals surface area (Å²) in [5, 5.41) is 34.9. The molecule has 26 nitrogen and oxygen atoms in total. The zero-order chi connectivity index (χ0) is 75.3. The largest absolute Gasteiger partial charge is 0.390 e. The van der Waals surface area contributed by atoms with Crippen molar-refractivity contribution in [2.24, 2.45) is 35.5 Å². The van der Waals surface area contributed by atoms with Crippen molar-refractivity contribution < 1.29 is 63.0 Å². The fourth-order valence-corrected chi connectivity index (χ4v) is 13.7. The van der Waals surface area contributed by atoms with E-state index < -0.39 is 161 Å². The van der Waals surface area contributed by atoms with Crippen LogP contribution in [-0.2, 0) is 52.7 Å². The van der Waals surface area contributed by atoms with Crippen LogP contribution in [0.3, 0.4) is 0 Å². The Hall–Kier alpha value is -5.90. The average Bonchev–Trinajstić information content (AvgIpc) is 0.810. The highest BCUT2D eigenvalue weighted by Crippen LogP contribution is 2.27. The molecule has 0 spiro atoms. The number of rotatable bonds is 21. The Bertz CT molecular complexity index is 2680. The molecule has 11 amide bonds. The molecule has 562 valence electrons. The SMILES string of the molecule is C/C=C/C[C@@H](C)[C@@H](O)[C@H]1C(=O)N[C@@H](CC)C(=O)N(C)[C@H](CSCCCN2CCN(C)CC2)C(=O)N(C)[C@@H](CC(C)(C)O)C(=O)N[C@@H](C(C)C)C(=O)N(C)[C@@H](CC(C)C)C(=O)N[C@@H](C)C(=O)N[C@H](C)C(=O)N(C)[C@@H](CC(C)C)C(=O)N(C)[C@@H](CC(C)C)C(=O)N(C)[C@@H](C(C)C)C(=O)N1C. The van der Waals surface area contributed by atoms with Gasteiger partial charge in [0.15, 0.2) is 0 Å². The molecule has 0 bridgehead atoms. The van der Waals surface area contributed by atoms with Crippen molar-refractivity contribution in [1.82, 2.24) is 65.4 Å². The van der Waals surface area contributed by atoms with Crippen LogP contribution in [0.2, 0.25) is 0 Å². The van der Waals surface area contributed by atoms with Crippen molar-refractivity contribution in [3.8, 4) is 0 Å². The fraction of sp³-hybridized carbons (Fsp3) is 0.817. The van der Waals surface area contributed by atoms with Gasteiger partial charge in [-0.15, -0.1) is 0 Å². The molecule has 0 unspecified atom stereocenters. The van der Waals surface area contributed by atoms with Gasteiger partial charge in [0.25, 0.3) is 0 Å². The molecule has 0 aromatic heterocycles. The fourth-order valence-electron chi connectivity index (χ4n) is 12.6. The summed E-state index contributed by atoms with van der Waals surface area (Å²) in [5.74, 6) is -9.60. The maximum atomic E-state index is 15.5. The Kier molecular flexibility index (Phi) is 36.5. The molecule has 2 fully saturated rings. The van der Waals surface area contributed by atoms with Crippen molar-refractivity contribution in [2.45, 2.75) is 241 Å². The van der Waals surface area contributed by atoms with E-state index in [1.54, 1.807) is 54.5 Å². The van der Waals surface area contributed by atoms with Crippen LogP contribution in [0.15, 0.2) is 12.2 Å². The van der Waals surface area contributed by atoms with E-state index in [-0.39, 0.29) is 62.0 Å². The first-order valence-electron chi connectivity index (χ1n) is 35.5. The van der Waals surface area contributed by atoms with Crippen LogP contribution in [0.5, 0.6) is 0 Å². The van der Waals surface area contributed by atoms with E-state index in [4.69, 9.17) is 0 Å². The molecule has 0 aromatic carbocycles. The molecule has 98 heavy (non-hydrogen) atoms. The first-order valence-corrected chi connectivity index (χ1v) is 36.6. The molecule has 2 heterocycles. The van der Waals surface area contributed by atoms with E-state index in [0.29, 0.717) is 5.75 Å². The van der Waals surface area contributed by atoms with Crippen molar-refractivity contribution >= 4 is 76.7 Å². The second-order valence-corrected chi connectivity index (χ2v) is 31.4. The summed E-state index contributed by atoms with van der Waals surface area (Å²) < 4.78 is 0. The van der Waals surface area contributed by atoms with Gasteiger partial charge in [-0.05, 0) is 128 Å². The highest BCUT2D eigenvalue weighted by molar-refractivity contribution is 7.99. The minimum Gasteiger partial charge on any atom is -0.390 e. The minimum atomic E-state index is -1.66. The van der Waals surface area contributed by atoms with Crippen LogP contribution in [0.25, 0.3) is 0 Å². The van der Waals surface area contributed by atoms with Crippen LogP contribution in [0.4, 0.5) is 0 Å². The lowest BCUT2D eigenvalue weighted by Gasteiger charge is -2.41. The Morgan fingerprint density at radius 1 is 0.510 bits per heavy atom. The molecule has 0 aromatic rings. The lowest BCUT2D eigenvalue weighted by molar-refractivity contribution is -0.157. The number of amides is 11. The van der Waals surface area contributed by atoms with Gasteiger partial charge in [-0.1, -0.05) is 95.2 Å². The summed E-state index contributed by atoms with van der Waals surface area (Å²) in [6, 6.07) is -14.4. The number of nitrogens with zero attached hydrogens (tertiary/aromatic N) is 9. The van der Waals surface area contributed by atoms with Crippen LogP contribution in [-0.4, -0.2) is 298 Å². The molecular formula is C71H129N13O13S. The maximum Gasteiger partial charge on any atom is 0.246 e. The predicted octanol–water partition coefficient (Wildman–Crippen LogP) is 3.12.